The van der Waals surface area contributed by atoms with Gasteiger partial charge in [0.25, 0.3) is 0 Å². The average Bonchev–Trinajstić information content (AvgIpc) is 3.38. The topological polar surface area (TPSA) is 38.4 Å². The van der Waals surface area contributed by atoms with Crippen molar-refractivity contribution in [2.75, 3.05) is 13.1 Å². The molecule has 1 aliphatic rings. The molecular weight excluding hydrogens is 394 g/mol. The summed E-state index contributed by atoms with van der Waals surface area (Å²) in [6.07, 6.45) is 12.1. The predicted octanol–water partition coefficient (Wildman–Crippen LogP) is 4.85. The van der Waals surface area contributed by atoms with E-state index in [-0.39, 0.29) is 0 Å². The summed E-state index contributed by atoms with van der Waals surface area (Å²) < 4.78 is 4.44. The molecule has 0 aliphatic carbocycles. The maximum atomic E-state index is 5.61. The molecule has 4 heterocycles. The van der Waals surface area contributed by atoms with Crippen molar-refractivity contribution in [2.24, 2.45) is 0 Å². The van der Waals surface area contributed by atoms with E-state index in [1.54, 1.807) is 0 Å². The maximum Gasteiger partial charge on any atom is 0.235 e. The zero-order chi connectivity index (χ0) is 21.5. The molecule has 158 valence electrons. The van der Waals surface area contributed by atoms with Gasteiger partial charge in [-0.1, -0.05) is 36.3 Å². The number of piperidine rings is 1. The van der Waals surface area contributed by atoms with Gasteiger partial charge in [-0.25, -0.2) is 9.97 Å². The molecule has 5 heteroatoms. The number of fused-ring (bicyclic) bond motifs is 4. The monoisotopic (exact) mass is 419 g/mol. The third kappa shape index (κ3) is 3.16. The van der Waals surface area contributed by atoms with Gasteiger partial charge in [0, 0.05) is 48.0 Å². The lowest BCUT2D eigenvalue weighted by Crippen LogP contribution is -2.34. The summed E-state index contributed by atoms with van der Waals surface area (Å²) in [5, 5.41) is 1.30. The number of aromatic nitrogens is 4. The fraction of sp³-hybridized carbons (Fsp3) is 0.259. The molecule has 5 aromatic rings. The molecule has 6 rings (SSSR count). The quantitative estimate of drug-likeness (QED) is 0.391. The largest absolute Gasteiger partial charge is 0.336 e. The van der Waals surface area contributed by atoms with Gasteiger partial charge in [-0.05, 0) is 49.2 Å². The van der Waals surface area contributed by atoms with Gasteiger partial charge < -0.3 is 4.57 Å². The van der Waals surface area contributed by atoms with Crippen LogP contribution in [0.25, 0.3) is 27.7 Å². The number of para-hydroxylation sites is 3. The minimum Gasteiger partial charge on any atom is -0.336 e. The van der Waals surface area contributed by atoms with Crippen molar-refractivity contribution in [3.8, 4) is 12.3 Å². The van der Waals surface area contributed by atoms with Crippen LogP contribution in [0.5, 0.6) is 0 Å². The van der Waals surface area contributed by atoms with Gasteiger partial charge in [-0.15, -0.1) is 6.42 Å². The summed E-state index contributed by atoms with van der Waals surface area (Å²) in [6, 6.07) is 19.1. The SMILES string of the molecule is C#CCn1cc(CN2CCCC(c3ccnc4nc5ccccc5n34)C2)c2ccccc21. The van der Waals surface area contributed by atoms with E-state index in [1.165, 1.54) is 35.0 Å². The fourth-order valence-corrected chi connectivity index (χ4v) is 5.29. The zero-order valence-electron chi connectivity index (χ0n) is 18.0. The van der Waals surface area contributed by atoms with Crippen molar-refractivity contribution in [2.45, 2.75) is 31.8 Å². The van der Waals surface area contributed by atoms with E-state index in [0.29, 0.717) is 12.5 Å². The number of imidazole rings is 1. The second kappa shape index (κ2) is 7.81. The van der Waals surface area contributed by atoms with Crippen molar-refractivity contribution in [1.82, 2.24) is 23.8 Å². The summed E-state index contributed by atoms with van der Waals surface area (Å²) in [7, 11) is 0. The van der Waals surface area contributed by atoms with E-state index in [1.807, 2.05) is 12.3 Å². The molecule has 3 aromatic heterocycles. The lowest BCUT2D eigenvalue weighted by Gasteiger charge is -2.33. The Bertz CT molecular complexity index is 1470. The Kier molecular flexibility index (Phi) is 4.66. The fourth-order valence-electron chi connectivity index (χ4n) is 5.29. The van der Waals surface area contributed by atoms with E-state index < -0.39 is 0 Å². The normalized spacial score (nSPS) is 17.3. The van der Waals surface area contributed by atoms with Crippen LogP contribution in [0.1, 0.15) is 30.0 Å². The Labute approximate surface area is 187 Å². The Morgan fingerprint density at radius 2 is 1.88 bits per heavy atom. The molecule has 1 fully saturated rings. The highest BCUT2D eigenvalue weighted by atomic mass is 15.2. The molecule has 1 saturated heterocycles. The first-order valence-electron chi connectivity index (χ1n) is 11.3. The number of terminal acetylenes is 1. The van der Waals surface area contributed by atoms with Crippen LogP contribution in [0.15, 0.2) is 67.0 Å². The number of likely N-dealkylation sites (tertiary alicyclic amines) is 1. The molecule has 1 aliphatic heterocycles. The van der Waals surface area contributed by atoms with E-state index in [2.05, 4.69) is 79.5 Å². The molecule has 1 unspecified atom stereocenters. The molecule has 5 nitrogen and oxygen atoms in total. The predicted molar refractivity (Wildman–Crippen MR) is 129 cm³/mol. The Hall–Kier alpha value is -3.62. The first kappa shape index (κ1) is 19.1. The van der Waals surface area contributed by atoms with Gasteiger partial charge in [0.15, 0.2) is 0 Å². The van der Waals surface area contributed by atoms with Gasteiger partial charge in [0.1, 0.15) is 0 Å². The van der Waals surface area contributed by atoms with E-state index in [4.69, 9.17) is 11.4 Å². The number of benzene rings is 2. The summed E-state index contributed by atoms with van der Waals surface area (Å²) in [5.41, 5.74) is 6.02. The molecule has 0 radical (unpaired) electrons. The molecule has 0 spiro atoms. The van der Waals surface area contributed by atoms with Crippen molar-refractivity contribution >= 4 is 27.7 Å². The summed E-state index contributed by atoms with van der Waals surface area (Å²) in [4.78, 5) is 11.9. The minimum absolute atomic E-state index is 0.450. The van der Waals surface area contributed by atoms with Gasteiger partial charge in [-0.3, -0.25) is 9.30 Å². The number of rotatable bonds is 4. The van der Waals surface area contributed by atoms with Crippen LogP contribution in [0.3, 0.4) is 0 Å². The van der Waals surface area contributed by atoms with Crippen LogP contribution in [-0.2, 0) is 13.1 Å². The second-order valence-electron chi connectivity index (χ2n) is 8.68. The molecule has 0 bridgehead atoms. The third-order valence-corrected chi connectivity index (χ3v) is 6.69. The highest BCUT2D eigenvalue weighted by molar-refractivity contribution is 5.84. The number of nitrogens with zero attached hydrogens (tertiary/aromatic N) is 5. The average molecular weight is 420 g/mol. The van der Waals surface area contributed by atoms with Crippen molar-refractivity contribution in [3.63, 3.8) is 0 Å². The number of hydrogen-bond donors (Lipinski definition) is 0. The smallest absolute Gasteiger partial charge is 0.235 e. The zero-order valence-corrected chi connectivity index (χ0v) is 18.0. The molecular formula is C27H25N5. The first-order chi connectivity index (χ1) is 15.8. The minimum atomic E-state index is 0.450. The maximum absolute atomic E-state index is 5.61. The highest BCUT2D eigenvalue weighted by Gasteiger charge is 2.25. The van der Waals surface area contributed by atoms with E-state index >= 15 is 0 Å². The molecule has 32 heavy (non-hydrogen) atoms. The van der Waals surface area contributed by atoms with Gasteiger partial charge >= 0.3 is 0 Å². The van der Waals surface area contributed by atoms with E-state index in [0.717, 1.165) is 36.4 Å². The van der Waals surface area contributed by atoms with Crippen LogP contribution >= 0.6 is 0 Å². The van der Waals surface area contributed by atoms with Crippen molar-refractivity contribution in [1.29, 1.82) is 0 Å². The molecule has 1 atom stereocenters. The standard InChI is InChI=1S/C27H25N5/c1-2-15-31-19-21(22-9-3-5-11-25(22)31)18-30-16-7-8-20(17-30)24-13-14-28-27-29-23-10-4-6-12-26(23)32(24)27/h1,3-6,9-14,19-20H,7-8,15-18H2. The van der Waals surface area contributed by atoms with Gasteiger partial charge in [0.2, 0.25) is 5.78 Å². The lowest BCUT2D eigenvalue weighted by molar-refractivity contribution is 0.198. The summed E-state index contributed by atoms with van der Waals surface area (Å²) >= 11 is 0. The first-order valence-corrected chi connectivity index (χ1v) is 11.3. The summed E-state index contributed by atoms with van der Waals surface area (Å²) in [6.45, 7) is 3.68. The van der Waals surface area contributed by atoms with Gasteiger partial charge in [0.05, 0.1) is 17.6 Å². The van der Waals surface area contributed by atoms with Crippen molar-refractivity contribution < 1.29 is 0 Å². The Morgan fingerprint density at radius 3 is 2.78 bits per heavy atom. The molecule has 0 saturated carbocycles. The second-order valence-corrected chi connectivity index (χ2v) is 8.68. The molecule has 0 N–H and O–H groups in total. The van der Waals surface area contributed by atoms with Crippen LogP contribution in [-0.4, -0.2) is 36.9 Å². The number of hydrogen-bond acceptors (Lipinski definition) is 3. The highest BCUT2D eigenvalue weighted by Crippen LogP contribution is 2.31. The summed E-state index contributed by atoms with van der Waals surface area (Å²) in [5.74, 6) is 4.03. The molecule has 2 aromatic carbocycles. The van der Waals surface area contributed by atoms with Crippen LogP contribution < -0.4 is 0 Å². The van der Waals surface area contributed by atoms with E-state index in [9.17, 15) is 0 Å². The third-order valence-electron chi connectivity index (χ3n) is 6.69. The Balaban J connectivity index is 1.33. The molecule has 0 amide bonds. The lowest BCUT2D eigenvalue weighted by atomic mass is 9.94. The van der Waals surface area contributed by atoms with Crippen LogP contribution in [0, 0.1) is 12.3 Å². The van der Waals surface area contributed by atoms with Crippen LogP contribution in [0.2, 0.25) is 0 Å². The Morgan fingerprint density at radius 1 is 1.03 bits per heavy atom. The van der Waals surface area contributed by atoms with Gasteiger partial charge in [-0.2, -0.15) is 0 Å². The van der Waals surface area contributed by atoms with Crippen molar-refractivity contribution in [3.05, 3.63) is 78.2 Å². The van der Waals surface area contributed by atoms with Crippen LogP contribution in [0.4, 0.5) is 0 Å².